The van der Waals surface area contributed by atoms with E-state index in [9.17, 15) is 4.79 Å². The van der Waals surface area contributed by atoms with E-state index in [2.05, 4.69) is 10.1 Å². The fourth-order valence-electron chi connectivity index (χ4n) is 1.31. The van der Waals surface area contributed by atoms with Crippen LogP contribution in [0.25, 0.3) is 0 Å². The van der Waals surface area contributed by atoms with Crippen LogP contribution in [0.3, 0.4) is 0 Å². The molecule has 0 fully saturated rings. The summed E-state index contributed by atoms with van der Waals surface area (Å²) in [6.07, 6.45) is 0. The van der Waals surface area contributed by atoms with Crippen LogP contribution in [0.4, 0.5) is 5.69 Å². The quantitative estimate of drug-likeness (QED) is 0.619. The molecule has 1 aromatic carbocycles. The Labute approximate surface area is 99.8 Å². The van der Waals surface area contributed by atoms with Crippen LogP contribution in [0.1, 0.15) is 18.4 Å². The highest BCUT2D eigenvalue weighted by Crippen LogP contribution is 2.18. The molecule has 0 aliphatic carbocycles. The summed E-state index contributed by atoms with van der Waals surface area (Å²) in [5.74, 6) is -0.529. The van der Waals surface area contributed by atoms with Crippen molar-refractivity contribution >= 4 is 29.0 Å². The third-order valence-corrected chi connectivity index (χ3v) is 2.34. The largest absolute Gasteiger partial charge is 0.469 e. The van der Waals surface area contributed by atoms with Crippen LogP contribution in [-0.4, -0.2) is 18.2 Å². The van der Waals surface area contributed by atoms with Crippen LogP contribution < -0.4 is 11.1 Å². The third-order valence-electron chi connectivity index (χ3n) is 2.23. The lowest BCUT2D eigenvalue weighted by atomic mass is 10.0. The van der Waals surface area contributed by atoms with Gasteiger partial charge < -0.3 is 15.8 Å². The summed E-state index contributed by atoms with van der Waals surface area (Å²) in [6, 6.07) is 7.30. The molecule has 4 nitrogen and oxygen atoms in total. The molecule has 0 amide bonds. The lowest BCUT2D eigenvalue weighted by Gasteiger charge is -2.10. The van der Waals surface area contributed by atoms with Gasteiger partial charge in [-0.15, -0.1) is 0 Å². The number of nitrogens with two attached hydrogens (primary N) is 1. The second kappa shape index (κ2) is 5.46. The van der Waals surface area contributed by atoms with Crippen molar-refractivity contribution < 1.29 is 9.53 Å². The Morgan fingerprint density at radius 2 is 2.00 bits per heavy atom. The Morgan fingerprint density at radius 1 is 1.44 bits per heavy atom. The molecule has 0 unspecified atom stereocenters. The van der Waals surface area contributed by atoms with Gasteiger partial charge in [0.15, 0.2) is 5.11 Å². The molecule has 0 saturated heterocycles. The number of hydrogen-bond acceptors (Lipinski definition) is 3. The highest BCUT2D eigenvalue weighted by atomic mass is 32.1. The number of nitrogens with one attached hydrogen (secondary N) is 1. The number of rotatable bonds is 3. The van der Waals surface area contributed by atoms with Gasteiger partial charge in [0.25, 0.3) is 0 Å². The average molecular weight is 238 g/mol. The Kier molecular flexibility index (Phi) is 4.25. The van der Waals surface area contributed by atoms with E-state index in [1.165, 1.54) is 7.11 Å². The molecule has 0 saturated carbocycles. The van der Waals surface area contributed by atoms with Crippen molar-refractivity contribution in [1.82, 2.24) is 0 Å². The van der Waals surface area contributed by atoms with Gasteiger partial charge in [-0.05, 0) is 36.8 Å². The average Bonchev–Trinajstić information content (AvgIpc) is 2.27. The number of carbonyl (C=O) groups excluding carboxylic acids is 1. The van der Waals surface area contributed by atoms with E-state index in [1.807, 2.05) is 24.3 Å². The summed E-state index contributed by atoms with van der Waals surface area (Å²) >= 11 is 4.71. The molecule has 1 atom stereocenters. The molecular weight excluding hydrogens is 224 g/mol. The predicted octanol–water partition coefficient (Wildman–Crippen LogP) is 1.62. The van der Waals surface area contributed by atoms with E-state index >= 15 is 0 Å². The van der Waals surface area contributed by atoms with E-state index in [-0.39, 0.29) is 17.0 Å². The van der Waals surface area contributed by atoms with Crippen LogP contribution in [0.2, 0.25) is 0 Å². The summed E-state index contributed by atoms with van der Waals surface area (Å²) in [4.78, 5) is 11.3. The van der Waals surface area contributed by atoms with Gasteiger partial charge >= 0.3 is 5.97 Å². The van der Waals surface area contributed by atoms with Crippen LogP contribution in [0.5, 0.6) is 0 Å². The highest BCUT2D eigenvalue weighted by molar-refractivity contribution is 7.80. The lowest BCUT2D eigenvalue weighted by Crippen LogP contribution is -2.18. The standard InChI is InChI=1S/C11H14N2O2S/c1-7(10(14)15-2)8-3-5-9(6-4-8)13-11(12)16/h3-7H,1-2H3,(H3,12,13,16)/t7-/m0/s1. The number of anilines is 1. The van der Waals surface area contributed by atoms with Gasteiger partial charge in [-0.1, -0.05) is 12.1 Å². The zero-order valence-corrected chi connectivity index (χ0v) is 10.0. The molecule has 0 aliphatic rings. The molecule has 16 heavy (non-hydrogen) atoms. The van der Waals surface area contributed by atoms with Gasteiger partial charge in [-0.3, -0.25) is 4.79 Å². The second-order valence-electron chi connectivity index (χ2n) is 3.36. The first kappa shape index (κ1) is 12.4. The Balaban J connectivity index is 2.78. The summed E-state index contributed by atoms with van der Waals surface area (Å²) in [7, 11) is 1.38. The SMILES string of the molecule is COC(=O)[C@@H](C)c1ccc(NC(N)=S)cc1. The van der Waals surface area contributed by atoms with Gasteiger partial charge in [0, 0.05) is 5.69 Å². The summed E-state index contributed by atoms with van der Waals surface area (Å²) in [5, 5.41) is 3.02. The molecule has 0 bridgehead atoms. The number of ether oxygens (including phenoxy) is 1. The van der Waals surface area contributed by atoms with Crippen molar-refractivity contribution in [3.63, 3.8) is 0 Å². The molecule has 0 spiro atoms. The van der Waals surface area contributed by atoms with E-state index < -0.39 is 0 Å². The van der Waals surface area contributed by atoms with Crippen LogP contribution in [0, 0.1) is 0 Å². The topological polar surface area (TPSA) is 64.3 Å². The summed E-state index contributed by atoms with van der Waals surface area (Å²) in [5.41, 5.74) is 7.03. The number of methoxy groups -OCH3 is 1. The smallest absolute Gasteiger partial charge is 0.312 e. The fraction of sp³-hybridized carbons (Fsp3) is 0.273. The Hall–Kier alpha value is -1.62. The summed E-state index contributed by atoms with van der Waals surface area (Å²) < 4.78 is 4.67. The first-order valence-corrected chi connectivity index (χ1v) is 5.19. The van der Waals surface area contributed by atoms with E-state index in [4.69, 9.17) is 18.0 Å². The van der Waals surface area contributed by atoms with Gasteiger partial charge in [0.05, 0.1) is 13.0 Å². The van der Waals surface area contributed by atoms with Crippen molar-refractivity contribution in [2.45, 2.75) is 12.8 Å². The number of thiocarbonyl (C=S) groups is 1. The van der Waals surface area contributed by atoms with E-state index in [1.54, 1.807) is 6.92 Å². The van der Waals surface area contributed by atoms with Crippen molar-refractivity contribution in [2.24, 2.45) is 5.73 Å². The molecule has 3 N–H and O–H groups in total. The molecule has 1 rings (SSSR count). The zero-order valence-electron chi connectivity index (χ0n) is 9.19. The maximum atomic E-state index is 11.3. The number of benzene rings is 1. The van der Waals surface area contributed by atoms with Crippen LogP contribution in [0.15, 0.2) is 24.3 Å². The van der Waals surface area contributed by atoms with Crippen molar-refractivity contribution in [2.75, 3.05) is 12.4 Å². The molecular formula is C11H14N2O2S. The minimum atomic E-state index is -0.274. The van der Waals surface area contributed by atoms with Crippen molar-refractivity contribution in [3.8, 4) is 0 Å². The van der Waals surface area contributed by atoms with Gasteiger partial charge in [0.1, 0.15) is 0 Å². The number of esters is 1. The molecule has 0 aliphatic heterocycles. The van der Waals surface area contributed by atoms with E-state index in [0.29, 0.717) is 0 Å². The molecule has 1 aromatic rings. The summed E-state index contributed by atoms with van der Waals surface area (Å²) in [6.45, 7) is 1.79. The molecule has 0 aromatic heterocycles. The lowest BCUT2D eigenvalue weighted by molar-refractivity contribution is -0.141. The fourth-order valence-corrected chi connectivity index (χ4v) is 1.43. The van der Waals surface area contributed by atoms with E-state index in [0.717, 1.165) is 11.3 Å². The molecule has 0 radical (unpaired) electrons. The van der Waals surface area contributed by atoms with Gasteiger partial charge in [-0.25, -0.2) is 0 Å². The number of carbonyl (C=O) groups is 1. The number of hydrogen-bond donors (Lipinski definition) is 2. The predicted molar refractivity (Wildman–Crippen MR) is 67.3 cm³/mol. The van der Waals surface area contributed by atoms with Crippen LogP contribution >= 0.6 is 12.2 Å². The maximum absolute atomic E-state index is 11.3. The van der Waals surface area contributed by atoms with Gasteiger partial charge in [0.2, 0.25) is 0 Å². The van der Waals surface area contributed by atoms with Crippen molar-refractivity contribution in [1.29, 1.82) is 0 Å². The van der Waals surface area contributed by atoms with Crippen LogP contribution in [-0.2, 0) is 9.53 Å². The first-order valence-electron chi connectivity index (χ1n) is 4.79. The second-order valence-corrected chi connectivity index (χ2v) is 3.80. The molecule has 5 heteroatoms. The third kappa shape index (κ3) is 3.20. The Bertz CT molecular complexity index is 389. The normalized spacial score (nSPS) is 11.6. The highest BCUT2D eigenvalue weighted by Gasteiger charge is 2.14. The minimum Gasteiger partial charge on any atom is -0.469 e. The van der Waals surface area contributed by atoms with Crippen molar-refractivity contribution in [3.05, 3.63) is 29.8 Å². The zero-order chi connectivity index (χ0) is 12.1. The minimum absolute atomic E-state index is 0.216. The van der Waals surface area contributed by atoms with Gasteiger partial charge in [-0.2, -0.15) is 0 Å². The first-order chi connectivity index (χ1) is 7.54. The molecule has 86 valence electrons. The molecule has 0 heterocycles. The Morgan fingerprint density at radius 3 is 2.44 bits per heavy atom. The maximum Gasteiger partial charge on any atom is 0.312 e. The monoisotopic (exact) mass is 238 g/mol.